The summed E-state index contributed by atoms with van der Waals surface area (Å²) in [4.78, 5) is 15.4. The molecule has 96 valence electrons. The van der Waals surface area contributed by atoms with E-state index in [-0.39, 0.29) is 0 Å². The quantitative estimate of drug-likeness (QED) is 0.799. The minimum atomic E-state index is -4.37. The number of carbonyl (C=O) groups is 1. The maximum absolute atomic E-state index is 12.3. The summed E-state index contributed by atoms with van der Waals surface area (Å²) in [5.74, 6) is 1.37. The Kier molecular flexibility index (Phi) is 4.01. The monoisotopic (exact) mass is 291 g/mol. The summed E-state index contributed by atoms with van der Waals surface area (Å²) in [7, 11) is 0. The number of thioether (sulfide) groups is 2. The van der Waals surface area contributed by atoms with E-state index in [2.05, 4.69) is 4.98 Å². The van der Waals surface area contributed by atoms with Crippen LogP contribution in [0, 0.1) is 0 Å². The van der Waals surface area contributed by atoms with Crippen LogP contribution in [0.2, 0.25) is 0 Å². The fourth-order valence-electron chi connectivity index (χ4n) is 1.36. The van der Waals surface area contributed by atoms with Gasteiger partial charge >= 0.3 is 6.18 Å². The Morgan fingerprint density at radius 2 is 2.11 bits per heavy atom. The molecule has 0 fully saturated rings. The molecule has 0 aliphatic carbocycles. The van der Waals surface area contributed by atoms with Gasteiger partial charge in [0.05, 0.1) is 5.56 Å². The lowest BCUT2D eigenvalue weighted by Crippen LogP contribution is -2.05. The Morgan fingerprint density at radius 1 is 1.33 bits per heavy atom. The molecule has 0 unspecified atom stereocenters. The van der Waals surface area contributed by atoms with Crippen molar-refractivity contribution >= 4 is 29.8 Å². The number of carbonyl (C=O) groups excluding carboxylic acids is 1. The number of aldehydes is 1. The molecule has 0 aromatic carbocycles. The molecule has 2 rings (SSSR count). The summed E-state index contributed by atoms with van der Waals surface area (Å²) in [5.41, 5.74) is -0.0658. The number of hydrogen-bond acceptors (Lipinski definition) is 4. The lowest BCUT2D eigenvalue weighted by molar-refractivity contribution is -0.137. The van der Waals surface area contributed by atoms with Crippen molar-refractivity contribution in [1.29, 1.82) is 0 Å². The van der Waals surface area contributed by atoms with Crippen LogP contribution in [0.1, 0.15) is 5.56 Å². The molecule has 0 bridgehead atoms. The second-order valence-corrected chi connectivity index (χ2v) is 5.64. The van der Waals surface area contributed by atoms with Crippen LogP contribution in [0.15, 0.2) is 33.8 Å². The first-order valence-electron chi connectivity index (χ1n) is 4.97. The van der Waals surface area contributed by atoms with E-state index in [1.54, 1.807) is 11.8 Å². The molecule has 18 heavy (non-hydrogen) atoms. The van der Waals surface area contributed by atoms with Crippen molar-refractivity contribution in [3.63, 3.8) is 0 Å². The zero-order valence-corrected chi connectivity index (χ0v) is 10.7. The van der Waals surface area contributed by atoms with Crippen LogP contribution in [0.4, 0.5) is 13.2 Å². The van der Waals surface area contributed by atoms with E-state index in [0.717, 1.165) is 23.5 Å². The molecule has 0 atom stereocenters. The van der Waals surface area contributed by atoms with E-state index in [1.165, 1.54) is 17.8 Å². The molecule has 1 aromatic heterocycles. The first kappa shape index (κ1) is 13.5. The predicted octanol–water partition coefficient (Wildman–Crippen LogP) is 3.39. The number of aromatic nitrogens is 1. The highest BCUT2D eigenvalue weighted by atomic mass is 32.2. The average Bonchev–Trinajstić information content (AvgIpc) is 2.76. The van der Waals surface area contributed by atoms with Crippen molar-refractivity contribution in [2.45, 2.75) is 11.2 Å². The fraction of sp³-hybridized carbons (Fsp3) is 0.273. The van der Waals surface area contributed by atoms with Gasteiger partial charge in [-0.25, -0.2) is 4.98 Å². The van der Waals surface area contributed by atoms with Gasteiger partial charge in [-0.15, -0.1) is 0 Å². The first-order valence-corrected chi connectivity index (χ1v) is 6.94. The van der Waals surface area contributed by atoms with Crippen LogP contribution < -0.4 is 0 Å². The Balaban J connectivity index is 2.14. The maximum Gasteiger partial charge on any atom is 0.417 e. The topological polar surface area (TPSA) is 30.0 Å². The summed E-state index contributed by atoms with van der Waals surface area (Å²) in [6.45, 7) is 0. The summed E-state index contributed by atoms with van der Waals surface area (Å²) >= 11 is 2.86. The number of rotatable bonds is 3. The molecule has 1 aromatic rings. The molecule has 2 nitrogen and oxygen atoms in total. The van der Waals surface area contributed by atoms with Crippen molar-refractivity contribution in [2.75, 3.05) is 11.5 Å². The van der Waals surface area contributed by atoms with Gasteiger partial charge in [-0.05, 0) is 12.1 Å². The van der Waals surface area contributed by atoms with Gasteiger partial charge < -0.3 is 0 Å². The highest BCUT2D eigenvalue weighted by Gasteiger charge is 2.30. The third kappa shape index (κ3) is 3.08. The molecular weight excluding hydrogens is 283 g/mol. The third-order valence-electron chi connectivity index (χ3n) is 2.28. The smallest absolute Gasteiger partial charge is 0.298 e. The largest absolute Gasteiger partial charge is 0.417 e. The zero-order chi connectivity index (χ0) is 13.2. The maximum atomic E-state index is 12.3. The summed E-state index contributed by atoms with van der Waals surface area (Å²) in [6, 6.07) is 2.32. The Morgan fingerprint density at radius 3 is 2.67 bits per heavy atom. The summed E-state index contributed by atoms with van der Waals surface area (Å²) in [6.07, 6.45) is -2.76. The van der Waals surface area contributed by atoms with Gasteiger partial charge in [-0.3, -0.25) is 4.79 Å². The fourth-order valence-corrected chi connectivity index (χ4v) is 3.61. The molecule has 2 heterocycles. The number of alkyl halides is 3. The van der Waals surface area contributed by atoms with Crippen LogP contribution in [0.25, 0.3) is 0 Å². The van der Waals surface area contributed by atoms with E-state index in [9.17, 15) is 18.0 Å². The van der Waals surface area contributed by atoms with Crippen LogP contribution in [0.3, 0.4) is 0 Å². The van der Waals surface area contributed by atoms with Crippen LogP contribution in [-0.4, -0.2) is 22.8 Å². The second kappa shape index (κ2) is 5.36. The molecular formula is C11H8F3NOS2. The van der Waals surface area contributed by atoms with Gasteiger partial charge in [0.15, 0.2) is 0 Å². The predicted molar refractivity (Wildman–Crippen MR) is 65.5 cm³/mol. The molecule has 0 amide bonds. The molecule has 0 saturated carbocycles. The van der Waals surface area contributed by atoms with Crippen LogP contribution in [0.5, 0.6) is 0 Å². The number of hydrogen-bond donors (Lipinski definition) is 0. The van der Waals surface area contributed by atoms with Gasteiger partial charge in [-0.1, -0.05) is 11.8 Å². The van der Waals surface area contributed by atoms with Gasteiger partial charge in [0.1, 0.15) is 11.3 Å². The number of nitrogens with zero attached hydrogens (tertiary/aromatic N) is 1. The minimum absolute atomic E-state index is 0.472. The van der Waals surface area contributed by atoms with E-state index in [1.807, 2.05) is 0 Å². The SMILES string of the molecule is O=CC1=C(Sc2ccc(C(F)(F)F)cn2)CSC1. The van der Waals surface area contributed by atoms with Crippen molar-refractivity contribution in [2.24, 2.45) is 0 Å². The van der Waals surface area contributed by atoms with E-state index >= 15 is 0 Å². The summed E-state index contributed by atoms with van der Waals surface area (Å²) in [5, 5.41) is 0.472. The van der Waals surface area contributed by atoms with Crippen molar-refractivity contribution in [3.05, 3.63) is 34.4 Å². The molecule has 0 spiro atoms. The molecule has 0 N–H and O–H groups in total. The van der Waals surface area contributed by atoms with Gasteiger partial charge in [0.25, 0.3) is 0 Å². The minimum Gasteiger partial charge on any atom is -0.298 e. The Hall–Kier alpha value is -0.950. The molecule has 1 aliphatic rings. The standard InChI is InChI=1S/C11H8F3NOS2/c12-11(13,14)8-1-2-10(15-3-8)18-9-6-17-5-7(9)4-16/h1-4H,5-6H2. The Bertz CT molecular complexity index is 482. The molecule has 1 aliphatic heterocycles. The van der Waals surface area contributed by atoms with Gasteiger partial charge in [0.2, 0.25) is 0 Å². The third-order valence-corrected chi connectivity index (χ3v) is 4.58. The molecule has 7 heteroatoms. The van der Waals surface area contributed by atoms with E-state index in [0.29, 0.717) is 22.1 Å². The second-order valence-electron chi connectivity index (χ2n) is 3.54. The Labute approximate surface area is 110 Å². The normalized spacial score (nSPS) is 16.2. The van der Waals surface area contributed by atoms with Crippen molar-refractivity contribution in [3.8, 4) is 0 Å². The highest BCUT2D eigenvalue weighted by Crippen LogP contribution is 2.36. The summed E-state index contributed by atoms with van der Waals surface area (Å²) < 4.78 is 37.0. The van der Waals surface area contributed by atoms with Crippen LogP contribution >= 0.6 is 23.5 Å². The lowest BCUT2D eigenvalue weighted by Gasteiger charge is -2.07. The van der Waals surface area contributed by atoms with Gasteiger partial charge in [-0.2, -0.15) is 24.9 Å². The highest BCUT2D eigenvalue weighted by molar-refractivity contribution is 8.06. The van der Waals surface area contributed by atoms with E-state index in [4.69, 9.17) is 0 Å². The van der Waals surface area contributed by atoms with E-state index < -0.39 is 11.7 Å². The number of pyridine rings is 1. The first-order chi connectivity index (χ1) is 8.50. The van der Waals surface area contributed by atoms with Gasteiger partial charge in [0, 0.05) is 28.2 Å². The average molecular weight is 291 g/mol. The number of halogens is 3. The molecule has 0 radical (unpaired) electrons. The lowest BCUT2D eigenvalue weighted by atomic mass is 10.3. The molecule has 0 saturated heterocycles. The van der Waals surface area contributed by atoms with Crippen molar-refractivity contribution in [1.82, 2.24) is 4.98 Å². The zero-order valence-electron chi connectivity index (χ0n) is 9.03. The van der Waals surface area contributed by atoms with Crippen LogP contribution in [-0.2, 0) is 11.0 Å². The van der Waals surface area contributed by atoms with Crippen molar-refractivity contribution < 1.29 is 18.0 Å².